The first-order valence-corrected chi connectivity index (χ1v) is 6.78. The molecule has 1 aliphatic carbocycles. The second-order valence-corrected chi connectivity index (χ2v) is 5.71. The van der Waals surface area contributed by atoms with E-state index in [2.05, 4.69) is 10.6 Å². The minimum absolute atomic E-state index is 0.322. The molecule has 108 valence electrons. The third kappa shape index (κ3) is 4.58. The van der Waals surface area contributed by atoms with Gasteiger partial charge in [-0.05, 0) is 32.6 Å². The number of urea groups is 1. The summed E-state index contributed by atoms with van der Waals surface area (Å²) in [7, 11) is 0. The zero-order chi connectivity index (χ0) is 14.5. The standard InChI is InChI=1S/C14H24N2O3/c1-10(2)6-8-15-13(19)16-14(12(17)18)7-4-5-11(3)9-14/h6,11H,4-5,7-9H2,1-3H3,(H,17,18)(H2,15,16,19). The van der Waals surface area contributed by atoms with Crippen molar-refractivity contribution in [2.75, 3.05) is 6.54 Å². The van der Waals surface area contributed by atoms with Crippen LogP contribution in [0.3, 0.4) is 0 Å². The molecule has 5 heteroatoms. The molecule has 0 aromatic carbocycles. The minimum Gasteiger partial charge on any atom is -0.480 e. The molecular weight excluding hydrogens is 244 g/mol. The topological polar surface area (TPSA) is 78.4 Å². The molecule has 0 aliphatic heterocycles. The molecule has 0 radical (unpaired) electrons. The maximum atomic E-state index is 11.8. The van der Waals surface area contributed by atoms with Gasteiger partial charge in [0.25, 0.3) is 0 Å². The van der Waals surface area contributed by atoms with E-state index in [0.29, 0.717) is 25.3 Å². The molecule has 0 spiro atoms. The van der Waals surface area contributed by atoms with Crippen LogP contribution in [0.2, 0.25) is 0 Å². The van der Waals surface area contributed by atoms with Crippen LogP contribution in [-0.2, 0) is 4.79 Å². The fraction of sp³-hybridized carbons (Fsp3) is 0.714. The highest BCUT2D eigenvalue weighted by Crippen LogP contribution is 2.32. The van der Waals surface area contributed by atoms with Crippen LogP contribution in [0.15, 0.2) is 11.6 Å². The van der Waals surface area contributed by atoms with Crippen molar-refractivity contribution in [3.63, 3.8) is 0 Å². The highest BCUT2D eigenvalue weighted by molar-refractivity contribution is 5.86. The summed E-state index contributed by atoms with van der Waals surface area (Å²) in [5.74, 6) is -0.612. The molecule has 1 rings (SSSR count). The van der Waals surface area contributed by atoms with Crippen molar-refractivity contribution in [1.29, 1.82) is 0 Å². The first-order chi connectivity index (χ1) is 8.85. The number of allylic oxidation sites excluding steroid dienone is 1. The lowest BCUT2D eigenvalue weighted by Gasteiger charge is -2.36. The maximum Gasteiger partial charge on any atom is 0.329 e. The number of carboxylic acid groups (broad SMARTS) is 1. The lowest BCUT2D eigenvalue weighted by atomic mass is 9.76. The first kappa shape index (κ1) is 15.5. The molecule has 0 aromatic rings. The maximum absolute atomic E-state index is 11.8. The quantitative estimate of drug-likeness (QED) is 0.684. The predicted molar refractivity (Wildman–Crippen MR) is 74.0 cm³/mol. The number of hydrogen-bond donors (Lipinski definition) is 3. The van der Waals surface area contributed by atoms with Crippen LogP contribution in [0.1, 0.15) is 46.5 Å². The number of carboxylic acids is 1. The third-order valence-electron chi connectivity index (χ3n) is 3.53. The molecule has 1 fully saturated rings. The van der Waals surface area contributed by atoms with E-state index in [-0.39, 0.29) is 0 Å². The monoisotopic (exact) mass is 268 g/mol. The second kappa shape index (κ2) is 6.59. The number of hydrogen-bond acceptors (Lipinski definition) is 2. The summed E-state index contributed by atoms with van der Waals surface area (Å²) in [6.07, 6.45) is 4.75. The Balaban J connectivity index is 2.61. The van der Waals surface area contributed by atoms with Gasteiger partial charge >= 0.3 is 12.0 Å². The molecule has 1 saturated carbocycles. The van der Waals surface area contributed by atoms with Gasteiger partial charge in [0.15, 0.2) is 0 Å². The molecule has 0 aromatic heterocycles. The Labute approximate surface area is 114 Å². The van der Waals surface area contributed by atoms with E-state index < -0.39 is 17.5 Å². The zero-order valence-electron chi connectivity index (χ0n) is 12.0. The summed E-state index contributed by atoms with van der Waals surface area (Å²) in [5, 5.41) is 14.7. The van der Waals surface area contributed by atoms with Crippen molar-refractivity contribution >= 4 is 12.0 Å². The van der Waals surface area contributed by atoms with Crippen molar-refractivity contribution in [1.82, 2.24) is 10.6 Å². The lowest BCUT2D eigenvalue weighted by molar-refractivity contribution is -0.146. The fourth-order valence-electron chi connectivity index (χ4n) is 2.52. The van der Waals surface area contributed by atoms with Gasteiger partial charge in [-0.2, -0.15) is 0 Å². The molecular formula is C14H24N2O3. The molecule has 5 nitrogen and oxygen atoms in total. The van der Waals surface area contributed by atoms with Crippen molar-refractivity contribution in [3.05, 3.63) is 11.6 Å². The molecule has 0 saturated heterocycles. The third-order valence-corrected chi connectivity index (χ3v) is 3.53. The van der Waals surface area contributed by atoms with E-state index in [1.54, 1.807) is 0 Å². The zero-order valence-corrected chi connectivity index (χ0v) is 12.0. The van der Waals surface area contributed by atoms with Gasteiger partial charge in [0.05, 0.1) is 0 Å². The summed E-state index contributed by atoms with van der Waals surface area (Å²) >= 11 is 0. The Kier molecular flexibility index (Phi) is 5.39. The van der Waals surface area contributed by atoms with Gasteiger partial charge in [-0.1, -0.05) is 31.4 Å². The van der Waals surface area contributed by atoms with Crippen molar-refractivity contribution in [2.24, 2.45) is 5.92 Å². The van der Waals surface area contributed by atoms with E-state index in [1.165, 1.54) is 0 Å². The molecule has 2 unspecified atom stereocenters. The SMILES string of the molecule is CC(C)=CCNC(=O)NC1(C(=O)O)CCCC(C)C1. The predicted octanol–water partition coefficient (Wildman–Crippen LogP) is 2.29. The number of carbonyl (C=O) groups is 2. The van der Waals surface area contributed by atoms with E-state index in [9.17, 15) is 14.7 Å². The average molecular weight is 268 g/mol. The van der Waals surface area contributed by atoms with Crippen LogP contribution in [0.25, 0.3) is 0 Å². The molecule has 2 amide bonds. The molecule has 0 bridgehead atoms. The Morgan fingerprint density at radius 1 is 1.42 bits per heavy atom. The van der Waals surface area contributed by atoms with Gasteiger partial charge in [-0.3, -0.25) is 0 Å². The average Bonchev–Trinajstić information content (AvgIpc) is 2.27. The number of amides is 2. The Bertz CT molecular complexity index is 375. The van der Waals surface area contributed by atoms with Gasteiger partial charge < -0.3 is 15.7 Å². The normalized spacial score (nSPS) is 26.4. The van der Waals surface area contributed by atoms with Crippen LogP contribution >= 0.6 is 0 Å². The number of rotatable bonds is 4. The highest BCUT2D eigenvalue weighted by Gasteiger charge is 2.43. The van der Waals surface area contributed by atoms with Crippen molar-refractivity contribution in [3.8, 4) is 0 Å². The summed E-state index contributed by atoms with van der Waals surface area (Å²) in [6.45, 7) is 6.33. The highest BCUT2D eigenvalue weighted by atomic mass is 16.4. The molecule has 19 heavy (non-hydrogen) atoms. The second-order valence-electron chi connectivity index (χ2n) is 5.71. The number of nitrogens with one attached hydrogen (secondary N) is 2. The van der Waals surface area contributed by atoms with Gasteiger partial charge in [0.2, 0.25) is 0 Å². The Morgan fingerprint density at radius 3 is 2.63 bits per heavy atom. The van der Waals surface area contributed by atoms with E-state index in [4.69, 9.17) is 0 Å². The number of carbonyl (C=O) groups excluding carboxylic acids is 1. The smallest absolute Gasteiger partial charge is 0.329 e. The first-order valence-electron chi connectivity index (χ1n) is 6.78. The summed E-state index contributed by atoms with van der Waals surface area (Å²) < 4.78 is 0. The largest absolute Gasteiger partial charge is 0.480 e. The van der Waals surface area contributed by atoms with Crippen molar-refractivity contribution < 1.29 is 14.7 Å². The molecule has 3 N–H and O–H groups in total. The molecule has 1 aliphatic rings. The lowest BCUT2D eigenvalue weighted by Crippen LogP contribution is -2.59. The van der Waals surface area contributed by atoms with Gasteiger partial charge in [-0.15, -0.1) is 0 Å². The summed E-state index contributed by atoms with van der Waals surface area (Å²) in [6, 6.07) is -0.408. The van der Waals surface area contributed by atoms with Gasteiger partial charge in [-0.25, -0.2) is 9.59 Å². The Morgan fingerprint density at radius 2 is 2.11 bits per heavy atom. The van der Waals surface area contributed by atoms with E-state index >= 15 is 0 Å². The van der Waals surface area contributed by atoms with E-state index in [1.807, 2.05) is 26.8 Å². The van der Waals surface area contributed by atoms with Gasteiger partial charge in [0, 0.05) is 6.54 Å². The number of aliphatic carboxylic acids is 1. The molecule has 0 heterocycles. The van der Waals surface area contributed by atoms with Crippen LogP contribution < -0.4 is 10.6 Å². The molecule has 2 atom stereocenters. The summed E-state index contributed by atoms with van der Waals surface area (Å²) in [4.78, 5) is 23.3. The van der Waals surface area contributed by atoms with Gasteiger partial charge in [0.1, 0.15) is 5.54 Å². The fourth-order valence-corrected chi connectivity index (χ4v) is 2.52. The Hall–Kier alpha value is -1.52. The van der Waals surface area contributed by atoms with E-state index in [0.717, 1.165) is 18.4 Å². The van der Waals surface area contributed by atoms with Crippen LogP contribution in [-0.4, -0.2) is 29.2 Å². The van der Waals surface area contributed by atoms with Crippen LogP contribution in [0.4, 0.5) is 4.79 Å². The van der Waals surface area contributed by atoms with Crippen molar-refractivity contribution in [2.45, 2.75) is 52.0 Å². The minimum atomic E-state index is -1.10. The van der Waals surface area contributed by atoms with Crippen LogP contribution in [0, 0.1) is 5.92 Å². The van der Waals surface area contributed by atoms with Crippen LogP contribution in [0.5, 0.6) is 0 Å². The summed E-state index contributed by atoms with van der Waals surface area (Å²) in [5.41, 5.74) is 0.00624.